The molecule has 0 fully saturated rings. The molecule has 3 rings (SSSR count). The van der Waals surface area contributed by atoms with Crippen LogP contribution in [0.3, 0.4) is 0 Å². The summed E-state index contributed by atoms with van der Waals surface area (Å²) >= 11 is 0. The number of aromatic nitrogens is 4. The largest absolute Gasteiger partial charge is 0.573 e. The van der Waals surface area contributed by atoms with Gasteiger partial charge in [-0.25, -0.2) is 4.39 Å². The molecule has 0 bridgehead atoms. The molecule has 3 aromatic rings. The van der Waals surface area contributed by atoms with Crippen LogP contribution in [-0.2, 0) is 0 Å². The molecule has 2 heterocycles. The Morgan fingerprint density at radius 1 is 1.04 bits per heavy atom. The molecule has 2 aromatic heterocycles. The quantitative estimate of drug-likeness (QED) is 0.669. The topological polar surface area (TPSA) is 52.8 Å². The number of alkyl halides is 3. The van der Waals surface area contributed by atoms with Crippen molar-refractivity contribution in [1.82, 2.24) is 20.0 Å². The molecule has 5 nitrogen and oxygen atoms in total. The van der Waals surface area contributed by atoms with Crippen LogP contribution in [0.15, 0.2) is 49.1 Å². The molecule has 0 spiro atoms. The fraction of sp³-hybridized carbons (Fsp3) is 0.188. The Morgan fingerprint density at radius 3 is 2.28 bits per heavy atom. The lowest BCUT2D eigenvalue weighted by Gasteiger charge is -2.17. The number of benzene rings is 1. The molecule has 1 unspecified atom stereocenters. The minimum Gasteiger partial charge on any atom is -0.406 e. The van der Waals surface area contributed by atoms with Crippen LogP contribution in [0.2, 0.25) is 0 Å². The Hall–Kier alpha value is -2.97. The van der Waals surface area contributed by atoms with Crippen LogP contribution in [0.1, 0.15) is 24.0 Å². The molecule has 0 aliphatic heterocycles. The zero-order valence-corrected chi connectivity index (χ0v) is 12.9. The Morgan fingerprint density at radius 2 is 1.68 bits per heavy atom. The Balaban J connectivity index is 1.95. The van der Waals surface area contributed by atoms with Gasteiger partial charge in [0.05, 0.1) is 24.8 Å². The summed E-state index contributed by atoms with van der Waals surface area (Å²) in [7, 11) is 0. The molecule has 25 heavy (non-hydrogen) atoms. The van der Waals surface area contributed by atoms with E-state index in [1.807, 2.05) is 0 Å². The van der Waals surface area contributed by atoms with E-state index in [2.05, 4.69) is 19.9 Å². The van der Waals surface area contributed by atoms with Crippen molar-refractivity contribution in [2.75, 3.05) is 0 Å². The SMILES string of the molecule is CC(c1ccc(OC(F)(F)F)cc1)c1c(F)cncc1-n1nccn1. The molecule has 0 aliphatic carbocycles. The summed E-state index contributed by atoms with van der Waals surface area (Å²) < 4.78 is 54.9. The molecular weight excluding hydrogens is 340 g/mol. The van der Waals surface area contributed by atoms with Gasteiger partial charge in [0.15, 0.2) is 0 Å². The van der Waals surface area contributed by atoms with Gasteiger partial charge < -0.3 is 4.74 Å². The lowest BCUT2D eigenvalue weighted by atomic mass is 9.92. The molecule has 0 N–H and O–H groups in total. The van der Waals surface area contributed by atoms with E-state index < -0.39 is 18.1 Å². The van der Waals surface area contributed by atoms with Gasteiger partial charge in [-0.05, 0) is 17.7 Å². The van der Waals surface area contributed by atoms with E-state index in [9.17, 15) is 17.6 Å². The maximum absolute atomic E-state index is 14.4. The minimum absolute atomic E-state index is 0.288. The van der Waals surface area contributed by atoms with E-state index in [0.29, 0.717) is 11.3 Å². The molecule has 9 heteroatoms. The summed E-state index contributed by atoms with van der Waals surface area (Å²) in [4.78, 5) is 5.05. The van der Waals surface area contributed by atoms with E-state index in [1.165, 1.54) is 47.7 Å². The predicted octanol–water partition coefficient (Wildman–Crippen LogP) is 3.85. The van der Waals surface area contributed by atoms with Crippen molar-refractivity contribution < 1.29 is 22.3 Å². The van der Waals surface area contributed by atoms with Crippen LogP contribution in [0.25, 0.3) is 5.69 Å². The first-order valence-corrected chi connectivity index (χ1v) is 7.21. The first-order chi connectivity index (χ1) is 11.8. The average Bonchev–Trinajstić information content (AvgIpc) is 3.07. The summed E-state index contributed by atoms with van der Waals surface area (Å²) in [6, 6.07) is 5.27. The third-order valence-corrected chi connectivity index (χ3v) is 3.60. The maximum atomic E-state index is 14.4. The van der Waals surface area contributed by atoms with Crippen LogP contribution < -0.4 is 4.74 Å². The van der Waals surface area contributed by atoms with E-state index in [1.54, 1.807) is 6.92 Å². The second-order valence-corrected chi connectivity index (χ2v) is 5.21. The van der Waals surface area contributed by atoms with Gasteiger partial charge in [0.2, 0.25) is 0 Å². The van der Waals surface area contributed by atoms with Crippen LogP contribution in [0.5, 0.6) is 5.75 Å². The highest BCUT2D eigenvalue weighted by Gasteiger charge is 2.31. The average molecular weight is 352 g/mol. The second-order valence-electron chi connectivity index (χ2n) is 5.21. The molecule has 0 saturated heterocycles. The van der Waals surface area contributed by atoms with Crippen LogP contribution in [0.4, 0.5) is 17.6 Å². The van der Waals surface area contributed by atoms with Gasteiger partial charge in [-0.15, -0.1) is 18.0 Å². The number of hydrogen-bond acceptors (Lipinski definition) is 4. The van der Waals surface area contributed by atoms with E-state index in [-0.39, 0.29) is 11.3 Å². The highest BCUT2D eigenvalue weighted by Crippen LogP contribution is 2.32. The Labute approximate surface area is 139 Å². The van der Waals surface area contributed by atoms with E-state index in [4.69, 9.17) is 0 Å². The molecule has 130 valence electrons. The molecule has 1 atom stereocenters. The summed E-state index contributed by atoms with van der Waals surface area (Å²) in [5.74, 6) is -1.37. The number of hydrogen-bond donors (Lipinski definition) is 0. The minimum atomic E-state index is -4.76. The number of halogens is 4. The number of ether oxygens (including phenoxy) is 1. The lowest BCUT2D eigenvalue weighted by molar-refractivity contribution is -0.274. The van der Waals surface area contributed by atoms with Crippen LogP contribution in [0, 0.1) is 5.82 Å². The van der Waals surface area contributed by atoms with Crippen molar-refractivity contribution in [2.45, 2.75) is 19.2 Å². The highest BCUT2D eigenvalue weighted by atomic mass is 19.4. The standard InChI is InChI=1S/C16H12F4N4O/c1-10(11-2-4-12(5-3-11)25-16(18,19)20)15-13(17)8-21-9-14(15)24-22-6-7-23-24/h2-10H,1H3. The first kappa shape index (κ1) is 16.9. The smallest absolute Gasteiger partial charge is 0.406 e. The summed E-state index contributed by atoms with van der Waals surface area (Å²) in [5.41, 5.74) is 1.25. The van der Waals surface area contributed by atoms with Gasteiger partial charge in [0.25, 0.3) is 0 Å². The monoisotopic (exact) mass is 352 g/mol. The molecule has 0 radical (unpaired) electrons. The molecule has 0 amide bonds. The maximum Gasteiger partial charge on any atom is 0.573 e. The van der Waals surface area contributed by atoms with Gasteiger partial charge in [-0.2, -0.15) is 10.2 Å². The fourth-order valence-electron chi connectivity index (χ4n) is 2.49. The van der Waals surface area contributed by atoms with Crippen molar-refractivity contribution in [2.24, 2.45) is 0 Å². The first-order valence-electron chi connectivity index (χ1n) is 7.21. The van der Waals surface area contributed by atoms with Gasteiger partial charge in [-0.3, -0.25) is 4.98 Å². The van der Waals surface area contributed by atoms with E-state index in [0.717, 1.165) is 6.20 Å². The number of rotatable bonds is 4. The number of pyridine rings is 1. The molecule has 0 aliphatic rings. The zero-order valence-electron chi connectivity index (χ0n) is 12.9. The summed E-state index contributed by atoms with van der Waals surface area (Å²) in [6.07, 6.45) is 0.629. The van der Waals surface area contributed by atoms with Gasteiger partial charge in [-0.1, -0.05) is 19.1 Å². The van der Waals surface area contributed by atoms with Crippen molar-refractivity contribution in [3.05, 3.63) is 66.0 Å². The van der Waals surface area contributed by atoms with Crippen LogP contribution >= 0.6 is 0 Å². The fourth-order valence-corrected chi connectivity index (χ4v) is 2.49. The zero-order chi connectivity index (χ0) is 18.0. The normalized spacial score (nSPS) is 12.8. The predicted molar refractivity (Wildman–Crippen MR) is 79.8 cm³/mol. The lowest BCUT2D eigenvalue weighted by Crippen LogP contribution is -2.17. The summed E-state index contributed by atoms with van der Waals surface area (Å²) in [6.45, 7) is 1.73. The van der Waals surface area contributed by atoms with Crippen molar-refractivity contribution in [3.63, 3.8) is 0 Å². The van der Waals surface area contributed by atoms with Gasteiger partial charge in [0, 0.05) is 11.5 Å². The van der Waals surface area contributed by atoms with Crippen LogP contribution in [-0.4, -0.2) is 26.3 Å². The Kier molecular flexibility index (Phi) is 4.39. The third kappa shape index (κ3) is 3.76. The highest BCUT2D eigenvalue weighted by molar-refractivity contribution is 5.45. The van der Waals surface area contributed by atoms with E-state index >= 15 is 0 Å². The van der Waals surface area contributed by atoms with Gasteiger partial charge >= 0.3 is 6.36 Å². The molecular formula is C16H12F4N4O. The van der Waals surface area contributed by atoms with Crippen molar-refractivity contribution in [3.8, 4) is 11.4 Å². The molecule has 0 saturated carbocycles. The number of nitrogens with zero attached hydrogens (tertiary/aromatic N) is 4. The third-order valence-electron chi connectivity index (χ3n) is 3.60. The van der Waals surface area contributed by atoms with Crippen molar-refractivity contribution >= 4 is 0 Å². The Bertz CT molecular complexity index is 848. The summed E-state index contributed by atoms with van der Waals surface area (Å²) in [5, 5.41) is 7.95. The van der Waals surface area contributed by atoms with Gasteiger partial charge in [0.1, 0.15) is 17.3 Å². The van der Waals surface area contributed by atoms with Crippen molar-refractivity contribution in [1.29, 1.82) is 0 Å². The second kappa shape index (κ2) is 6.50. The molecule has 1 aromatic carbocycles.